The second-order valence-corrected chi connectivity index (χ2v) is 13.9. The van der Waals surface area contributed by atoms with E-state index in [1.807, 2.05) is 12.1 Å². The van der Waals surface area contributed by atoms with E-state index in [-0.39, 0.29) is 22.1 Å². The molecule has 2 fully saturated rings. The van der Waals surface area contributed by atoms with Crippen LogP contribution in [0.1, 0.15) is 63.5 Å². The van der Waals surface area contributed by atoms with Crippen molar-refractivity contribution in [1.82, 2.24) is 19.3 Å². The summed E-state index contributed by atoms with van der Waals surface area (Å²) in [5.41, 5.74) is 3.41. The molecule has 0 saturated carbocycles. The third-order valence-corrected chi connectivity index (χ3v) is 9.89. The van der Waals surface area contributed by atoms with Crippen molar-refractivity contribution >= 4 is 21.6 Å². The molecule has 3 heterocycles. The number of rotatable bonds is 7. The summed E-state index contributed by atoms with van der Waals surface area (Å²) in [7, 11) is -3.57. The number of likely N-dealkylation sites (tertiary alicyclic amines) is 1. The quantitative estimate of drug-likeness (QED) is 0.430. The minimum atomic E-state index is -3.57. The molecule has 1 unspecified atom stereocenters. The van der Waals surface area contributed by atoms with Gasteiger partial charge in [0.2, 0.25) is 27.6 Å². The SMILES string of the molecule is Cc1ccc(NC(=O)C2CCCN(Cc3nc(-c4ccc(C(C)(C)C)cc4)no3)C2)cc1S(=O)(=O)N1CCCC1. The summed E-state index contributed by atoms with van der Waals surface area (Å²) in [5.74, 6) is 0.747. The molecule has 2 saturated heterocycles. The van der Waals surface area contributed by atoms with Gasteiger partial charge in [-0.05, 0) is 67.8 Å². The smallest absolute Gasteiger partial charge is 0.243 e. The van der Waals surface area contributed by atoms with Crippen molar-refractivity contribution in [1.29, 1.82) is 0 Å². The molecule has 0 aliphatic carbocycles. The molecule has 1 N–H and O–H groups in total. The minimum absolute atomic E-state index is 0.0745. The average molecular weight is 566 g/mol. The Morgan fingerprint density at radius 2 is 1.77 bits per heavy atom. The number of nitrogens with one attached hydrogen (secondary N) is 1. The predicted molar refractivity (Wildman–Crippen MR) is 154 cm³/mol. The van der Waals surface area contributed by atoms with E-state index < -0.39 is 10.0 Å². The van der Waals surface area contributed by atoms with Crippen LogP contribution in [0, 0.1) is 12.8 Å². The van der Waals surface area contributed by atoms with Crippen molar-refractivity contribution in [2.24, 2.45) is 5.92 Å². The lowest BCUT2D eigenvalue weighted by Crippen LogP contribution is -2.40. The Morgan fingerprint density at radius 3 is 2.48 bits per heavy atom. The summed E-state index contributed by atoms with van der Waals surface area (Å²) in [6, 6.07) is 13.3. The summed E-state index contributed by atoms with van der Waals surface area (Å²) in [6.45, 7) is 11.3. The van der Waals surface area contributed by atoms with Crippen molar-refractivity contribution in [3.63, 3.8) is 0 Å². The first-order valence-corrected chi connectivity index (χ1v) is 15.5. The van der Waals surface area contributed by atoms with Gasteiger partial charge < -0.3 is 9.84 Å². The zero-order chi connectivity index (χ0) is 28.5. The van der Waals surface area contributed by atoms with E-state index >= 15 is 0 Å². The Morgan fingerprint density at radius 1 is 1.05 bits per heavy atom. The van der Waals surface area contributed by atoms with Gasteiger partial charge in [0, 0.05) is 30.9 Å². The molecule has 214 valence electrons. The minimum Gasteiger partial charge on any atom is -0.338 e. The number of nitrogens with zero attached hydrogens (tertiary/aromatic N) is 4. The number of aromatic nitrogens is 2. The maximum absolute atomic E-state index is 13.2. The van der Waals surface area contributed by atoms with Crippen LogP contribution in [0.25, 0.3) is 11.4 Å². The predicted octanol–water partition coefficient (Wildman–Crippen LogP) is 4.98. The van der Waals surface area contributed by atoms with Gasteiger partial charge in [0.25, 0.3) is 0 Å². The zero-order valence-electron chi connectivity index (χ0n) is 23.8. The first-order chi connectivity index (χ1) is 19.0. The molecule has 1 amide bonds. The van der Waals surface area contributed by atoms with Gasteiger partial charge in [-0.25, -0.2) is 8.42 Å². The first kappa shape index (κ1) is 28.4. The van der Waals surface area contributed by atoms with Crippen molar-refractivity contribution in [2.75, 3.05) is 31.5 Å². The highest BCUT2D eigenvalue weighted by molar-refractivity contribution is 7.89. The fourth-order valence-electron chi connectivity index (χ4n) is 5.43. The fraction of sp³-hybridized carbons (Fsp3) is 0.500. The van der Waals surface area contributed by atoms with E-state index in [1.165, 1.54) is 9.87 Å². The largest absolute Gasteiger partial charge is 0.338 e. The summed E-state index contributed by atoms with van der Waals surface area (Å²) in [5, 5.41) is 7.14. The zero-order valence-corrected chi connectivity index (χ0v) is 24.6. The second kappa shape index (κ2) is 11.4. The topological polar surface area (TPSA) is 109 Å². The molecule has 0 radical (unpaired) electrons. The van der Waals surface area contributed by atoms with Crippen LogP contribution >= 0.6 is 0 Å². The highest BCUT2D eigenvalue weighted by Gasteiger charge is 2.30. The van der Waals surface area contributed by atoms with Crippen LogP contribution in [-0.4, -0.2) is 59.8 Å². The van der Waals surface area contributed by atoms with Crippen molar-refractivity contribution in [3.8, 4) is 11.4 Å². The lowest BCUT2D eigenvalue weighted by atomic mass is 9.87. The molecule has 0 spiro atoms. The van der Waals surface area contributed by atoms with Gasteiger partial charge in [0.1, 0.15) is 0 Å². The summed E-state index contributed by atoms with van der Waals surface area (Å²) < 4.78 is 33.4. The van der Waals surface area contributed by atoms with Crippen LogP contribution in [0.3, 0.4) is 0 Å². The maximum atomic E-state index is 13.2. The molecule has 0 bridgehead atoms. The first-order valence-electron chi connectivity index (χ1n) is 14.1. The Labute approximate surface area is 237 Å². The summed E-state index contributed by atoms with van der Waals surface area (Å²) in [4.78, 5) is 20.2. The molecule has 3 aromatic rings. The summed E-state index contributed by atoms with van der Waals surface area (Å²) in [6.07, 6.45) is 3.39. The number of hydrogen-bond acceptors (Lipinski definition) is 7. The van der Waals surface area contributed by atoms with Crippen molar-refractivity contribution in [3.05, 3.63) is 59.5 Å². The van der Waals surface area contributed by atoms with E-state index in [2.05, 4.69) is 53.3 Å². The van der Waals surface area contributed by atoms with Gasteiger partial charge in [-0.2, -0.15) is 9.29 Å². The van der Waals surface area contributed by atoms with Gasteiger partial charge in [-0.15, -0.1) is 0 Å². The molecule has 9 nitrogen and oxygen atoms in total. The van der Waals surface area contributed by atoms with E-state index in [4.69, 9.17) is 4.52 Å². The molecule has 2 aliphatic rings. The van der Waals surface area contributed by atoms with Crippen molar-refractivity contribution < 1.29 is 17.7 Å². The van der Waals surface area contributed by atoms with Crippen molar-refractivity contribution in [2.45, 2.75) is 70.2 Å². The maximum Gasteiger partial charge on any atom is 0.243 e. The Balaban J connectivity index is 1.21. The highest BCUT2D eigenvalue weighted by Crippen LogP contribution is 2.28. The number of aryl methyl sites for hydroxylation is 1. The van der Waals surface area contributed by atoms with Crippen LogP contribution in [0.4, 0.5) is 5.69 Å². The number of anilines is 1. The molecule has 5 rings (SSSR count). The van der Waals surface area contributed by atoms with E-state index in [0.29, 0.717) is 49.1 Å². The standard InChI is InChI=1S/C30H39N5O4S/c1-21-9-14-25(18-26(21)40(37,38)35-16-5-6-17-35)31-29(36)23-8-7-15-34(19-23)20-27-32-28(33-39-27)22-10-12-24(13-11-22)30(2,3)4/h9-14,18,23H,5-8,15-17,19-20H2,1-4H3,(H,31,36). The summed E-state index contributed by atoms with van der Waals surface area (Å²) >= 11 is 0. The molecular weight excluding hydrogens is 526 g/mol. The van der Waals surface area contributed by atoms with Crippen LogP contribution in [0.5, 0.6) is 0 Å². The lowest BCUT2D eigenvalue weighted by Gasteiger charge is -2.30. The number of hydrogen-bond donors (Lipinski definition) is 1. The second-order valence-electron chi connectivity index (χ2n) is 12.0. The Bertz CT molecular complexity index is 1450. The van der Waals surface area contributed by atoms with Gasteiger partial charge in [-0.3, -0.25) is 9.69 Å². The lowest BCUT2D eigenvalue weighted by molar-refractivity contribution is -0.121. The monoisotopic (exact) mass is 565 g/mol. The fourth-order valence-corrected chi connectivity index (χ4v) is 7.20. The number of piperidine rings is 1. The number of carbonyl (C=O) groups is 1. The Kier molecular flexibility index (Phi) is 8.13. The molecule has 10 heteroatoms. The molecule has 2 aromatic carbocycles. The van der Waals surface area contributed by atoms with Gasteiger partial charge in [-0.1, -0.05) is 56.3 Å². The highest BCUT2D eigenvalue weighted by atomic mass is 32.2. The Hall–Kier alpha value is -3.08. The number of sulfonamides is 1. The number of carbonyl (C=O) groups excluding carboxylic acids is 1. The van der Waals surface area contributed by atoms with E-state index in [9.17, 15) is 13.2 Å². The van der Waals surface area contributed by atoms with E-state index in [1.54, 1.807) is 25.1 Å². The van der Waals surface area contributed by atoms with Gasteiger partial charge in [0.05, 0.1) is 17.4 Å². The van der Waals surface area contributed by atoms with Crippen LogP contribution in [0.2, 0.25) is 0 Å². The van der Waals surface area contributed by atoms with Crippen LogP contribution < -0.4 is 5.32 Å². The van der Waals surface area contributed by atoms with Crippen LogP contribution in [0.15, 0.2) is 51.9 Å². The molecule has 2 aliphatic heterocycles. The molecule has 1 atom stereocenters. The molecule has 40 heavy (non-hydrogen) atoms. The molecular formula is C30H39N5O4S. The van der Waals surface area contributed by atoms with Gasteiger partial charge in [0.15, 0.2) is 0 Å². The van der Waals surface area contributed by atoms with Crippen LogP contribution in [-0.2, 0) is 26.8 Å². The van der Waals surface area contributed by atoms with E-state index in [0.717, 1.165) is 37.8 Å². The normalized spacial score (nSPS) is 19.1. The number of amides is 1. The third kappa shape index (κ3) is 6.29. The molecule has 1 aromatic heterocycles. The van der Waals surface area contributed by atoms with Gasteiger partial charge >= 0.3 is 0 Å². The third-order valence-electron chi connectivity index (χ3n) is 7.85. The number of benzene rings is 2. The average Bonchev–Trinajstić information content (AvgIpc) is 3.63.